The van der Waals surface area contributed by atoms with Crippen molar-refractivity contribution in [3.8, 4) is 5.75 Å². The molecule has 0 saturated carbocycles. The Labute approximate surface area is 149 Å². The summed E-state index contributed by atoms with van der Waals surface area (Å²) in [7, 11) is 3.67. The van der Waals surface area contributed by atoms with Crippen LogP contribution >= 0.6 is 11.6 Å². The molecule has 1 N–H and O–H groups in total. The molecule has 0 unspecified atom stereocenters. The maximum Gasteiger partial charge on any atom is 0.229 e. The first kappa shape index (κ1) is 18.3. The van der Waals surface area contributed by atoms with Gasteiger partial charge in [0.1, 0.15) is 11.6 Å². The molecule has 1 aromatic heterocycles. The van der Waals surface area contributed by atoms with E-state index in [1.54, 1.807) is 13.2 Å². The topological polar surface area (TPSA) is 50.3 Å². The summed E-state index contributed by atoms with van der Waals surface area (Å²) in [5.41, 5.74) is 2.68. The van der Waals surface area contributed by atoms with Gasteiger partial charge >= 0.3 is 0 Å². The van der Waals surface area contributed by atoms with Crippen LogP contribution in [0.3, 0.4) is 0 Å². The first-order chi connectivity index (χ1) is 11.4. The quantitative estimate of drug-likeness (QED) is 0.783. The summed E-state index contributed by atoms with van der Waals surface area (Å²) >= 11 is 6.16. The fourth-order valence-corrected chi connectivity index (χ4v) is 2.52. The van der Waals surface area contributed by atoms with Crippen molar-refractivity contribution in [2.45, 2.75) is 33.6 Å². The van der Waals surface area contributed by atoms with Crippen LogP contribution in [-0.2, 0) is 0 Å². The Hall–Kier alpha value is -2.01. The van der Waals surface area contributed by atoms with Gasteiger partial charge < -0.3 is 15.0 Å². The number of rotatable bonds is 7. The molecule has 130 valence electrons. The van der Waals surface area contributed by atoms with Gasteiger partial charge in [-0.3, -0.25) is 0 Å². The normalized spacial score (nSPS) is 10.6. The third kappa shape index (κ3) is 4.51. The molecule has 0 aliphatic rings. The molecule has 2 aromatic rings. The molecule has 0 fully saturated rings. The minimum atomic E-state index is 0.549. The van der Waals surface area contributed by atoms with E-state index < -0.39 is 0 Å². The molecule has 2 rings (SSSR count). The van der Waals surface area contributed by atoms with E-state index in [9.17, 15) is 0 Å². The minimum Gasteiger partial charge on any atom is -0.495 e. The lowest BCUT2D eigenvalue weighted by Gasteiger charge is -2.19. The van der Waals surface area contributed by atoms with Crippen molar-refractivity contribution in [3.63, 3.8) is 0 Å². The SMILES string of the molecule is CCCCN(C)c1cc(C)nc(Nc2cc(C)c(Cl)cc2OC)n1. The summed E-state index contributed by atoms with van der Waals surface area (Å²) < 4.78 is 5.40. The second-order valence-electron chi connectivity index (χ2n) is 5.89. The van der Waals surface area contributed by atoms with Gasteiger partial charge in [-0.1, -0.05) is 24.9 Å². The van der Waals surface area contributed by atoms with Crippen molar-refractivity contribution < 1.29 is 4.74 Å². The van der Waals surface area contributed by atoms with Crippen molar-refractivity contribution in [2.75, 3.05) is 30.9 Å². The monoisotopic (exact) mass is 348 g/mol. The Morgan fingerprint density at radius 1 is 1.21 bits per heavy atom. The average Bonchev–Trinajstić information content (AvgIpc) is 2.55. The molecule has 0 aliphatic carbocycles. The zero-order valence-corrected chi connectivity index (χ0v) is 15.7. The molecule has 0 bridgehead atoms. The second-order valence-corrected chi connectivity index (χ2v) is 6.30. The third-order valence-electron chi connectivity index (χ3n) is 3.81. The molecule has 0 spiro atoms. The number of aromatic nitrogens is 2. The number of unbranched alkanes of at least 4 members (excludes halogenated alkanes) is 1. The van der Waals surface area contributed by atoms with Gasteiger partial charge in [0, 0.05) is 36.4 Å². The summed E-state index contributed by atoms with van der Waals surface area (Å²) in [6.45, 7) is 7.07. The van der Waals surface area contributed by atoms with Crippen molar-refractivity contribution in [2.24, 2.45) is 0 Å². The lowest BCUT2D eigenvalue weighted by molar-refractivity contribution is 0.416. The number of nitrogens with one attached hydrogen (secondary N) is 1. The van der Waals surface area contributed by atoms with Crippen LogP contribution in [0.15, 0.2) is 18.2 Å². The Bertz CT molecular complexity index is 706. The van der Waals surface area contributed by atoms with Crippen molar-refractivity contribution in [1.82, 2.24) is 9.97 Å². The largest absolute Gasteiger partial charge is 0.495 e. The Morgan fingerprint density at radius 3 is 2.62 bits per heavy atom. The van der Waals surface area contributed by atoms with Gasteiger partial charge in [-0.25, -0.2) is 4.98 Å². The van der Waals surface area contributed by atoms with Crippen LogP contribution in [0.1, 0.15) is 31.0 Å². The number of hydrogen-bond donors (Lipinski definition) is 1. The Kier molecular flexibility index (Phi) is 6.26. The zero-order valence-electron chi connectivity index (χ0n) is 15.0. The number of anilines is 3. The lowest BCUT2D eigenvalue weighted by Crippen LogP contribution is -2.20. The number of methoxy groups -OCH3 is 1. The van der Waals surface area contributed by atoms with Crippen LogP contribution in [0.5, 0.6) is 5.75 Å². The fraction of sp³-hybridized carbons (Fsp3) is 0.444. The van der Waals surface area contributed by atoms with Crippen LogP contribution in [0.4, 0.5) is 17.5 Å². The van der Waals surface area contributed by atoms with Crippen LogP contribution in [0.2, 0.25) is 5.02 Å². The molecular weight excluding hydrogens is 324 g/mol. The highest BCUT2D eigenvalue weighted by molar-refractivity contribution is 6.31. The second kappa shape index (κ2) is 8.20. The number of benzene rings is 1. The molecule has 0 saturated heterocycles. The summed E-state index contributed by atoms with van der Waals surface area (Å²) in [6, 6.07) is 5.72. The van der Waals surface area contributed by atoms with Crippen LogP contribution in [0.25, 0.3) is 0 Å². The number of halogens is 1. The standard InChI is InChI=1S/C18H25ClN4O/c1-6-7-8-23(4)17-10-13(3)20-18(22-17)21-15-9-12(2)14(19)11-16(15)24-5/h9-11H,6-8H2,1-5H3,(H,20,21,22). The first-order valence-electron chi connectivity index (χ1n) is 8.12. The summed E-state index contributed by atoms with van der Waals surface area (Å²) in [5, 5.41) is 3.92. The molecule has 1 heterocycles. The molecule has 6 heteroatoms. The van der Waals surface area contributed by atoms with E-state index in [2.05, 4.69) is 27.1 Å². The van der Waals surface area contributed by atoms with Crippen molar-refractivity contribution in [3.05, 3.63) is 34.5 Å². The summed E-state index contributed by atoms with van der Waals surface area (Å²) in [4.78, 5) is 11.3. The van der Waals surface area contributed by atoms with E-state index in [4.69, 9.17) is 16.3 Å². The third-order valence-corrected chi connectivity index (χ3v) is 4.21. The molecule has 5 nitrogen and oxygen atoms in total. The summed E-state index contributed by atoms with van der Waals surface area (Å²) in [6.07, 6.45) is 2.28. The molecule has 0 aliphatic heterocycles. The van der Waals surface area contributed by atoms with Gasteiger partial charge in [0.25, 0.3) is 0 Å². The minimum absolute atomic E-state index is 0.549. The highest BCUT2D eigenvalue weighted by Crippen LogP contribution is 2.32. The van der Waals surface area contributed by atoms with Crippen LogP contribution in [0, 0.1) is 13.8 Å². The van der Waals surface area contributed by atoms with E-state index >= 15 is 0 Å². The Balaban J connectivity index is 2.30. The summed E-state index contributed by atoms with van der Waals surface area (Å²) in [5.74, 6) is 2.12. The van der Waals surface area contributed by atoms with E-state index in [0.717, 1.165) is 42.1 Å². The van der Waals surface area contributed by atoms with Gasteiger partial charge in [-0.15, -0.1) is 0 Å². The smallest absolute Gasteiger partial charge is 0.229 e. The highest BCUT2D eigenvalue weighted by Gasteiger charge is 2.11. The molecule has 24 heavy (non-hydrogen) atoms. The number of hydrogen-bond acceptors (Lipinski definition) is 5. The number of nitrogens with zero attached hydrogens (tertiary/aromatic N) is 3. The predicted octanol–water partition coefficient (Wildman–Crippen LogP) is 4.74. The van der Waals surface area contributed by atoms with Gasteiger partial charge in [-0.05, 0) is 31.9 Å². The lowest BCUT2D eigenvalue weighted by atomic mass is 10.2. The van der Waals surface area contributed by atoms with Gasteiger partial charge in [0.15, 0.2) is 0 Å². The van der Waals surface area contributed by atoms with Crippen LogP contribution < -0.4 is 15.0 Å². The van der Waals surface area contributed by atoms with Gasteiger partial charge in [0.2, 0.25) is 5.95 Å². The maximum absolute atomic E-state index is 6.16. The number of aryl methyl sites for hydroxylation is 2. The zero-order chi connectivity index (χ0) is 17.7. The Morgan fingerprint density at radius 2 is 1.96 bits per heavy atom. The first-order valence-corrected chi connectivity index (χ1v) is 8.50. The molecule has 0 atom stereocenters. The predicted molar refractivity (Wildman–Crippen MR) is 101 cm³/mol. The highest BCUT2D eigenvalue weighted by atomic mass is 35.5. The van der Waals surface area contributed by atoms with E-state index in [1.165, 1.54) is 0 Å². The van der Waals surface area contributed by atoms with Crippen LogP contribution in [-0.4, -0.2) is 30.7 Å². The molecule has 1 aromatic carbocycles. The van der Waals surface area contributed by atoms with Crippen molar-refractivity contribution in [1.29, 1.82) is 0 Å². The average molecular weight is 349 g/mol. The van der Waals surface area contributed by atoms with E-state index in [1.807, 2.05) is 33.0 Å². The van der Waals surface area contributed by atoms with Crippen molar-refractivity contribution >= 4 is 29.1 Å². The van der Waals surface area contributed by atoms with Gasteiger partial charge in [0.05, 0.1) is 12.8 Å². The fourth-order valence-electron chi connectivity index (χ4n) is 2.36. The molecule has 0 amide bonds. The van der Waals surface area contributed by atoms with Gasteiger partial charge in [-0.2, -0.15) is 4.98 Å². The number of ether oxygens (including phenoxy) is 1. The van der Waals surface area contributed by atoms with E-state index in [-0.39, 0.29) is 0 Å². The maximum atomic E-state index is 6.16. The van der Waals surface area contributed by atoms with E-state index in [0.29, 0.717) is 16.7 Å². The molecular formula is C18H25ClN4O. The molecule has 0 radical (unpaired) electrons.